The van der Waals surface area contributed by atoms with Crippen LogP contribution in [0.2, 0.25) is 0 Å². The predicted octanol–water partition coefficient (Wildman–Crippen LogP) is 1.45. The van der Waals surface area contributed by atoms with Gasteiger partial charge in [-0.2, -0.15) is 13.6 Å². The van der Waals surface area contributed by atoms with E-state index < -0.39 is 16.3 Å². The standard InChI is InChI=1S/C12H11NO4S.2H3N/c13-18(15,16)17-12(14)8-10-6-3-5-9-4-1-2-7-11(9)10;;/h1-7H,8H2,(H2,13,15,16);2*1H3. The van der Waals surface area contributed by atoms with Crippen LogP contribution in [-0.4, -0.2) is 14.4 Å². The van der Waals surface area contributed by atoms with E-state index in [1.807, 2.05) is 30.3 Å². The number of carbonyl (C=O) groups is 1. The Morgan fingerprint density at radius 3 is 2.30 bits per heavy atom. The molecule has 20 heavy (non-hydrogen) atoms. The Bertz CT molecular complexity index is 695. The van der Waals surface area contributed by atoms with Gasteiger partial charge in [0.2, 0.25) is 0 Å². The van der Waals surface area contributed by atoms with Crippen LogP contribution < -0.4 is 17.4 Å². The zero-order valence-electron chi connectivity index (χ0n) is 10.8. The molecular weight excluding hydrogens is 282 g/mol. The first-order valence-corrected chi connectivity index (χ1v) is 6.64. The summed E-state index contributed by atoms with van der Waals surface area (Å²) < 4.78 is 25.4. The number of carbonyl (C=O) groups excluding carboxylic acids is 1. The Morgan fingerprint density at radius 1 is 1.05 bits per heavy atom. The number of hydrogen-bond acceptors (Lipinski definition) is 6. The number of benzene rings is 2. The van der Waals surface area contributed by atoms with Crippen LogP contribution in [0.3, 0.4) is 0 Å². The Hall–Kier alpha value is -2.00. The van der Waals surface area contributed by atoms with Crippen LogP contribution in [0.5, 0.6) is 0 Å². The van der Waals surface area contributed by atoms with Crippen molar-refractivity contribution in [2.24, 2.45) is 5.14 Å². The van der Waals surface area contributed by atoms with E-state index in [0.717, 1.165) is 10.8 Å². The number of fused-ring (bicyclic) bond motifs is 1. The molecule has 2 aromatic carbocycles. The number of nitrogens with two attached hydrogens (primary N) is 1. The molecule has 7 nitrogen and oxygen atoms in total. The van der Waals surface area contributed by atoms with E-state index in [4.69, 9.17) is 0 Å². The van der Waals surface area contributed by atoms with Crippen LogP contribution in [0.4, 0.5) is 0 Å². The fraction of sp³-hybridized carbons (Fsp3) is 0.0833. The minimum Gasteiger partial charge on any atom is -0.344 e. The van der Waals surface area contributed by atoms with Gasteiger partial charge in [0.1, 0.15) is 0 Å². The van der Waals surface area contributed by atoms with E-state index >= 15 is 0 Å². The van der Waals surface area contributed by atoms with Crippen molar-refractivity contribution in [3.63, 3.8) is 0 Å². The molecule has 110 valence electrons. The van der Waals surface area contributed by atoms with Crippen LogP contribution in [0.25, 0.3) is 10.8 Å². The third-order valence-electron chi connectivity index (χ3n) is 2.42. The van der Waals surface area contributed by atoms with E-state index in [2.05, 4.69) is 9.32 Å². The maximum Gasteiger partial charge on any atom is 0.382 e. The van der Waals surface area contributed by atoms with Crippen molar-refractivity contribution in [1.82, 2.24) is 12.3 Å². The smallest absolute Gasteiger partial charge is 0.344 e. The summed E-state index contributed by atoms with van der Waals surface area (Å²) in [4.78, 5) is 11.4. The topological polar surface area (TPSA) is 156 Å². The minimum absolute atomic E-state index is 0. The summed E-state index contributed by atoms with van der Waals surface area (Å²) in [6, 6.07) is 12.9. The Balaban J connectivity index is 0.00000180. The molecule has 0 aliphatic carbocycles. The van der Waals surface area contributed by atoms with Gasteiger partial charge in [0.05, 0.1) is 6.42 Å². The van der Waals surface area contributed by atoms with Crippen molar-refractivity contribution < 1.29 is 17.4 Å². The van der Waals surface area contributed by atoms with Crippen LogP contribution in [0.15, 0.2) is 42.5 Å². The highest BCUT2D eigenvalue weighted by Gasteiger charge is 2.13. The maximum atomic E-state index is 11.4. The number of rotatable bonds is 3. The van der Waals surface area contributed by atoms with Crippen molar-refractivity contribution in [1.29, 1.82) is 0 Å². The second-order valence-electron chi connectivity index (χ2n) is 3.76. The highest BCUT2D eigenvalue weighted by molar-refractivity contribution is 7.84. The molecular formula is C12H17N3O4S. The van der Waals surface area contributed by atoms with Gasteiger partial charge in [0.15, 0.2) is 0 Å². The van der Waals surface area contributed by atoms with E-state index in [1.165, 1.54) is 0 Å². The molecule has 0 aliphatic heterocycles. The molecule has 0 spiro atoms. The summed E-state index contributed by atoms with van der Waals surface area (Å²) in [6.07, 6.45) is -0.141. The quantitative estimate of drug-likeness (QED) is 0.778. The van der Waals surface area contributed by atoms with Gasteiger partial charge in [-0.05, 0) is 16.3 Å². The Morgan fingerprint density at radius 2 is 1.65 bits per heavy atom. The molecule has 0 atom stereocenters. The average Bonchev–Trinajstić information content (AvgIpc) is 2.27. The van der Waals surface area contributed by atoms with Gasteiger partial charge in [-0.25, -0.2) is 0 Å². The second kappa shape index (κ2) is 6.96. The highest BCUT2D eigenvalue weighted by Crippen LogP contribution is 2.19. The van der Waals surface area contributed by atoms with E-state index in [9.17, 15) is 13.2 Å². The largest absolute Gasteiger partial charge is 0.382 e. The third kappa shape index (κ3) is 4.59. The van der Waals surface area contributed by atoms with Crippen molar-refractivity contribution >= 4 is 27.0 Å². The molecule has 0 unspecified atom stereocenters. The minimum atomic E-state index is -4.25. The summed E-state index contributed by atoms with van der Waals surface area (Å²) in [7, 11) is -4.25. The van der Waals surface area contributed by atoms with Crippen molar-refractivity contribution in [3.05, 3.63) is 48.0 Å². The van der Waals surface area contributed by atoms with Gasteiger partial charge in [-0.1, -0.05) is 42.5 Å². The molecule has 2 rings (SSSR count). The van der Waals surface area contributed by atoms with Crippen LogP contribution in [0.1, 0.15) is 5.56 Å². The first-order chi connectivity index (χ1) is 8.46. The summed E-state index contributed by atoms with van der Waals surface area (Å²) in [5, 5.41) is 6.48. The molecule has 0 bridgehead atoms. The third-order valence-corrected chi connectivity index (χ3v) is 2.84. The molecule has 0 saturated carbocycles. The monoisotopic (exact) mass is 299 g/mol. The second-order valence-corrected chi connectivity index (χ2v) is 4.92. The maximum absolute atomic E-state index is 11.4. The fourth-order valence-electron chi connectivity index (χ4n) is 1.76. The molecule has 2 aromatic rings. The zero-order valence-corrected chi connectivity index (χ0v) is 11.6. The van der Waals surface area contributed by atoms with Gasteiger partial charge in [-0.15, -0.1) is 0 Å². The van der Waals surface area contributed by atoms with Crippen LogP contribution in [0, 0.1) is 0 Å². The number of hydrogen-bond donors (Lipinski definition) is 3. The predicted molar refractivity (Wildman–Crippen MR) is 76.9 cm³/mol. The normalized spacial score (nSPS) is 10.2. The van der Waals surface area contributed by atoms with Gasteiger partial charge in [-0.3, -0.25) is 4.79 Å². The van der Waals surface area contributed by atoms with Gasteiger partial charge in [0.25, 0.3) is 0 Å². The Labute approximate surface area is 117 Å². The van der Waals surface area contributed by atoms with Crippen molar-refractivity contribution in [3.8, 4) is 0 Å². The van der Waals surface area contributed by atoms with Gasteiger partial charge >= 0.3 is 16.3 Å². The van der Waals surface area contributed by atoms with Crippen molar-refractivity contribution in [2.45, 2.75) is 6.42 Å². The Kier molecular flexibility index (Phi) is 6.27. The summed E-state index contributed by atoms with van der Waals surface area (Å²) in [5.74, 6) is -0.895. The molecule has 0 radical (unpaired) electrons. The fourth-order valence-corrected chi connectivity index (χ4v) is 2.08. The summed E-state index contributed by atoms with van der Waals surface area (Å²) in [5.41, 5.74) is 0.696. The SMILES string of the molecule is N.N.NS(=O)(=O)OC(=O)Cc1cccc2ccccc12. The van der Waals surface area contributed by atoms with Gasteiger partial charge < -0.3 is 16.5 Å². The lowest BCUT2D eigenvalue weighted by Gasteiger charge is -2.05. The highest BCUT2D eigenvalue weighted by atomic mass is 32.2. The molecule has 8 heteroatoms. The van der Waals surface area contributed by atoms with E-state index in [0.29, 0.717) is 5.56 Å². The molecule has 0 amide bonds. The zero-order chi connectivity index (χ0) is 13.2. The van der Waals surface area contributed by atoms with E-state index in [-0.39, 0.29) is 18.7 Å². The lowest BCUT2D eigenvalue weighted by molar-refractivity contribution is -0.133. The van der Waals surface area contributed by atoms with E-state index in [1.54, 1.807) is 12.1 Å². The molecule has 0 fully saturated rings. The van der Waals surface area contributed by atoms with Gasteiger partial charge in [0, 0.05) is 0 Å². The van der Waals surface area contributed by atoms with Crippen LogP contribution in [-0.2, 0) is 25.7 Å². The first-order valence-electron chi connectivity index (χ1n) is 5.17. The van der Waals surface area contributed by atoms with Crippen LogP contribution >= 0.6 is 0 Å². The lowest BCUT2D eigenvalue weighted by atomic mass is 10.0. The molecule has 0 aromatic heterocycles. The lowest BCUT2D eigenvalue weighted by Crippen LogP contribution is -2.21. The average molecular weight is 299 g/mol. The molecule has 0 saturated heterocycles. The molecule has 0 aliphatic rings. The molecule has 8 N–H and O–H groups in total. The summed E-state index contributed by atoms with van der Waals surface area (Å²) in [6.45, 7) is 0. The van der Waals surface area contributed by atoms with Crippen molar-refractivity contribution in [2.75, 3.05) is 0 Å². The molecule has 0 heterocycles. The first kappa shape index (κ1) is 18.0. The summed E-state index contributed by atoms with van der Waals surface area (Å²) >= 11 is 0.